The first-order valence-corrected chi connectivity index (χ1v) is 10.1. The summed E-state index contributed by atoms with van der Waals surface area (Å²) in [7, 11) is 3.26. The summed E-state index contributed by atoms with van der Waals surface area (Å²) in [5.74, 6) is 0.189. The molecule has 3 amide bonds. The van der Waals surface area contributed by atoms with Gasteiger partial charge in [0.25, 0.3) is 5.91 Å². The van der Waals surface area contributed by atoms with Crippen molar-refractivity contribution in [3.63, 3.8) is 0 Å². The van der Waals surface area contributed by atoms with E-state index in [2.05, 4.69) is 15.1 Å². The highest BCUT2D eigenvalue weighted by molar-refractivity contribution is 6.03. The van der Waals surface area contributed by atoms with Gasteiger partial charge in [-0.3, -0.25) is 15.0 Å². The number of hydrogen-bond donors (Lipinski definition) is 1. The van der Waals surface area contributed by atoms with E-state index in [0.717, 1.165) is 13.1 Å². The van der Waals surface area contributed by atoms with Crippen molar-refractivity contribution in [3.05, 3.63) is 35.6 Å². The fraction of sp³-hybridized carbons (Fsp3) is 0.550. The second kappa shape index (κ2) is 8.57. The molecule has 10 heteroatoms. The van der Waals surface area contributed by atoms with Crippen LogP contribution in [0.5, 0.6) is 0 Å². The lowest BCUT2D eigenvalue weighted by Gasteiger charge is -2.40. The third kappa shape index (κ3) is 3.84. The minimum atomic E-state index is -0.561. The van der Waals surface area contributed by atoms with Crippen LogP contribution < -0.4 is 5.32 Å². The average molecular weight is 418 g/mol. The number of aliphatic imine (C=N–C) groups is 1. The molecule has 2 fully saturated rings. The van der Waals surface area contributed by atoms with Crippen molar-refractivity contribution in [2.24, 2.45) is 4.99 Å². The van der Waals surface area contributed by atoms with Crippen LogP contribution in [0.3, 0.4) is 0 Å². The Morgan fingerprint density at radius 2 is 1.93 bits per heavy atom. The number of ether oxygens (including phenoxy) is 1. The maximum Gasteiger partial charge on any atom is 0.325 e. The highest BCUT2D eigenvalue weighted by Crippen LogP contribution is 2.26. The van der Waals surface area contributed by atoms with Gasteiger partial charge in [0.1, 0.15) is 5.82 Å². The second-order valence-corrected chi connectivity index (χ2v) is 7.73. The Morgan fingerprint density at radius 1 is 1.20 bits per heavy atom. The SMILES string of the molecule is COCCN1C(N2CCN(Cc3ccccc3F)CC2)=NC2C1C(=O)NC(=O)N2C. The van der Waals surface area contributed by atoms with Gasteiger partial charge in [-0.25, -0.2) is 14.2 Å². The molecular weight excluding hydrogens is 391 g/mol. The van der Waals surface area contributed by atoms with E-state index in [1.54, 1.807) is 20.2 Å². The van der Waals surface area contributed by atoms with E-state index >= 15 is 0 Å². The number of piperazine rings is 1. The third-order valence-electron chi connectivity index (χ3n) is 5.88. The van der Waals surface area contributed by atoms with Crippen LogP contribution in [-0.4, -0.2) is 103 Å². The van der Waals surface area contributed by atoms with E-state index in [9.17, 15) is 14.0 Å². The van der Waals surface area contributed by atoms with Crippen LogP contribution in [0.1, 0.15) is 5.56 Å². The lowest BCUT2D eigenvalue weighted by Crippen LogP contribution is -2.65. The number of benzene rings is 1. The molecule has 0 spiro atoms. The average Bonchev–Trinajstić information content (AvgIpc) is 3.13. The van der Waals surface area contributed by atoms with E-state index in [1.807, 2.05) is 17.0 Å². The van der Waals surface area contributed by atoms with Crippen molar-refractivity contribution in [1.82, 2.24) is 24.9 Å². The minimum absolute atomic E-state index is 0.186. The van der Waals surface area contributed by atoms with Gasteiger partial charge in [0, 0.05) is 59.0 Å². The van der Waals surface area contributed by atoms with Gasteiger partial charge >= 0.3 is 6.03 Å². The standard InChI is InChI=1S/C20H27FN6O3/c1-24-17-16(18(28)23-20(24)29)27(11-12-30-2)19(22-17)26-9-7-25(8-10-26)13-14-5-3-4-6-15(14)21/h3-6,16-17H,7-13H2,1-2H3,(H,23,28,29). The molecule has 0 radical (unpaired) electrons. The molecular formula is C20H27FN6O3. The molecule has 1 aromatic carbocycles. The highest BCUT2D eigenvalue weighted by Gasteiger charge is 2.49. The first kappa shape index (κ1) is 20.5. The molecule has 30 heavy (non-hydrogen) atoms. The molecule has 3 aliphatic heterocycles. The van der Waals surface area contributed by atoms with Gasteiger partial charge in [0.15, 0.2) is 18.2 Å². The van der Waals surface area contributed by atoms with E-state index in [4.69, 9.17) is 9.73 Å². The molecule has 0 aromatic heterocycles. The zero-order valence-corrected chi connectivity index (χ0v) is 17.3. The molecule has 0 aliphatic carbocycles. The molecule has 1 aromatic rings. The van der Waals surface area contributed by atoms with Crippen LogP contribution in [-0.2, 0) is 16.1 Å². The third-order valence-corrected chi connectivity index (χ3v) is 5.88. The van der Waals surface area contributed by atoms with Crippen LogP contribution in [0, 0.1) is 5.82 Å². The van der Waals surface area contributed by atoms with Gasteiger partial charge < -0.3 is 19.4 Å². The molecule has 2 unspecified atom stereocenters. The van der Waals surface area contributed by atoms with Gasteiger partial charge in [-0.1, -0.05) is 18.2 Å². The number of carbonyl (C=O) groups is 2. The van der Waals surface area contributed by atoms with Gasteiger partial charge in [-0.2, -0.15) is 0 Å². The molecule has 0 saturated carbocycles. The first-order chi connectivity index (χ1) is 14.5. The van der Waals surface area contributed by atoms with E-state index < -0.39 is 18.2 Å². The molecule has 9 nitrogen and oxygen atoms in total. The topological polar surface area (TPSA) is 80.7 Å². The Morgan fingerprint density at radius 3 is 2.63 bits per heavy atom. The summed E-state index contributed by atoms with van der Waals surface area (Å²) < 4.78 is 19.2. The zero-order chi connectivity index (χ0) is 21.3. The van der Waals surface area contributed by atoms with Crippen molar-refractivity contribution >= 4 is 17.9 Å². The van der Waals surface area contributed by atoms with E-state index in [1.165, 1.54) is 11.0 Å². The molecule has 3 aliphatic rings. The number of fused-ring (bicyclic) bond motifs is 1. The van der Waals surface area contributed by atoms with Crippen LogP contribution in [0.15, 0.2) is 29.3 Å². The number of methoxy groups -OCH3 is 1. The van der Waals surface area contributed by atoms with Gasteiger partial charge in [-0.05, 0) is 6.07 Å². The summed E-state index contributed by atoms with van der Waals surface area (Å²) >= 11 is 0. The lowest BCUT2D eigenvalue weighted by atomic mass is 10.1. The summed E-state index contributed by atoms with van der Waals surface area (Å²) in [6.45, 7) is 4.42. The molecule has 4 rings (SSSR count). The number of guanidine groups is 1. The van der Waals surface area contributed by atoms with Crippen molar-refractivity contribution in [2.75, 3.05) is 53.5 Å². The molecule has 162 valence electrons. The van der Waals surface area contributed by atoms with Crippen molar-refractivity contribution in [1.29, 1.82) is 0 Å². The number of urea groups is 1. The Labute approximate surface area is 175 Å². The number of nitrogens with zero attached hydrogens (tertiary/aromatic N) is 5. The first-order valence-electron chi connectivity index (χ1n) is 10.1. The monoisotopic (exact) mass is 418 g/mol. The van der Waals surface area contributed by atoms with Crippen molar-refractivity contribution in [3.8, 4) is 0 Å². The lowest BCUT2D eigenvalue weighted by molar-refractivity contribution is -0.127. The van der Waals surface area contributed by atoms with E-state index in [0.29, 0.717) is 44.3 Å². The number of likely N-dealkylation sites (N-methyl/N-ethyl adjacent to an activating group) is 1. The maximum absolute atomic E-state index is 14.0. The Bertz CT molecular complexity index is 842. The summed E-state index contributed by atoms with van der Waals surface area (Å²) in [4.78, 5) is 37.1. The largest absolute Gasteiger partial charge is 0.383 e. The fourth-order valence-electron chi connectivity index (χ4n) is 4.18. The Kier molecular flexibility index (Phi) is 5.87. The molecule has 2 atom stereocenters. The normalized spacial score (nSPS) is 24.8. The van der Waals surface area contributed by atoms with Gasteiger partial charge in [-0.15, -0.1) is 0 Å². The Balaban J connectivity index is 1.46. The van der Waals surface area contributed by atoms with Gasteiger partial charge in [0.05, 0.1) is 6.61 Å². The number of amides is 3. The number of rotatable bonds is 5. The zero-order valence-electron chi connectivity index (χ0n) is 17.3. The molecule has 2 saturated heterocycles. The number of hydrogen-bond acceptors (Lipinski definition) is 7. The van der Waals surface area contributed by atoms with Crippen molar-refractivity contribution in [2.45, 2.75) is 18.8 Å². The maximum atomic E-state index is 14.0. The van der Waals surface area contributed by atoms with Crippen LogP contribution in [0.4, 0.5) is 9.18 Å². The summed E-state index contributed by atoms with van der Waals surface area (Å²) in [6.07, 6.45) is -0.547. The summed E-state index contributed by atoms with van der Waals surface area (Å²) in [6, 6.07) is 5.84. The number of nitrogens with one attached hydrogen (secondary N) is 1. The Hall–Kier alpha value is -2.72. The summed E-state index contributed by atoms with van der Waals surface area (Å²) in [5, 5.41) is 2.40. The molecule has 3 heterocycles. The van der Waals surface area contributed by atoms with Crippen LogP contribution in [0.25, 0.3) is 0 Å². The fourth-order valence-corrected chi connectivity index (χ4v) is 4.18. The van der Waals surface area contributed by atoms with E-state index in [-0.39, 0.29) is 11.7 Å². The molecule has 1 N–H and O–H groups in total. The highest BCUT2D eigenvalue weighted by atomic mass is 19.1. The number of imide groups is 1. The quantitative estimate of drug-likeness (QED) is 0.733. The second-order valence-electron chi connectivity index (χ2n) is 7.73. The van der Waals surface area contributed by atoms with Crippen LogP contribution in [0.2, 0.25) is 0 Å². The summed E-state index contributed by atoms with van der Waals surface area (Å²) in [5.41, 5.74) is 0.689. The predicted octanol–water partition coefficient (Wildman–Crippen LogP) is 0.138. The molecule has 0 bridgehead atoms. The van der Waals surface area contributed by atoms with Crippen LogP contribution >= 0.6 is 0 Å². The number of halogens is 1. The number of carbonyl (C=O) groups excluding carboxylic acids is 2. The van der Waals surface area contributed by atoms with Gasteiger partial charge in [0.2, 0.25) is 0 Å². The predicted molar refractivity (Wildman–Crippen MR) is 108 cm³/mol. The van der Waals surface area contributed by atoms with Crippen molar-refractivity contribution < 1.29 is 18.7 Å². The minimum Gasteiger partial charge on any atom is -0.383 e. The smallest absolute Gasteiger partial charge is 0.325 e.